The number of allylic oxidation sites excluding steroid dienone is 8. The van der Waals surface area contributed by atoms with Crippen LogP contribution in [0.3, 0.4) is 0 Å². The van der Waals surface area contributed by atoms with E-state index in [9.17, 15) is 19.0 Å². The van der Waals surface area contributed by atoms with Crippen LogP contribution in [-0.2, 0) is 32.7 Å². The van der Waals surface area contributed by atoms with Gasteiger partial charge in [0.25, 0.3) is 0 Å². The largest absolute Gasteiger partial charge is 0.472 e. The lowest BCUT2D eigenvalue weighted by Crippen LogP contribution is -2.37. The minimum absolute atomic E-state index is 0.0330. The van der Waals surface area contributed by atoms with Gasteiger partial charge < -0.3 is 18.9 Å². The maximum Gasteiger partial charge on any atom is 0.472 e. The summed E-state index contributed by atoms with van der Waals surface area (Å²) in [6.07, 6.45) is 79.2. The highest BCUT2D eigenvalue weighted by Gasteiger charge is 2.27. The third kappa shape index (κ3) is 65.1. The minimum Gasteiger partial charge on any atom is -0.462 e. The molecule has 0 aromatic heterocycles. The van der Waals surface area contributed by atoms with Crippen LogP contribution in [0.2, 0.25) is 0 Å². The second-order valence-corrected chi connectivity index (χ2v) is 26.0. The number of quaternary nitrogens is 1. The van der Waals surface area contributed by atoms with E-state index in [1.54, 1.807) is 0 Å². The molecule has 9 nitrogen and oxygen atoms in total. The third-order valence-electron chi connectivity index (χ3n) is 15.3. The van der Waals surface area contributed by atoms with Crippen molar-refractivity contribution >= 4 is 19.8 Å². The van der Waals surface area contributed by atoms with Gasteiger partial charge in [0.15, 0.2) is 6.10 Å². The van der Waals surface area contributed by atoms with Crippen molar-refractivity contribution in [2.24, 2.45) is 0 Å². The molecule has 10 heteroatoms. The summed E-state index contributed by atoms with van der Waals surface area (Å²) >= 11 is 0. The number of phosphoric ester groups is 1. The fourth-order valence-electron chi connectivity index (χ4n) is 10.0. The van der Waals surface area contributed by atoms with Crippen LogP contribution in [0, 0.1) is 0 Å². The van der Waals surface area contributed by atoms with Gasteiger partial charge in [0, 0.05) is 12.8 Å². The Labute approximate surface area is 496 Å². The van der Waals surface area contributed by atoms with E-state index in [0.29, 0.717) is 23.9 Å². The lowest BCUT2D eigenvalue weighted by Gasteiger charge is -2.24. The Kier molecular flexibility index (Phi) is 60.0. The Hall–Kier alpha value is -2.03. The van der Waals surface area contributed by atoms with Crippen LogP contribution in [0.25, 0.3) is 0 Å². The van der Waals surface area contributed by atoms with Gasteiger partial charge in [0.1, 0.15) is 19.8 Å². The highest BCUT2D eigenvalue weighted by Crippen LogP contribution is 2.43. The summed E-state index contributed by atoms with van der Waals surface area (Å²) in [5.74, 6) is -0.782. The molecule has 0 fully saturated rings. The van der Waals surface area contributed by atoms with E-state index >= 15 is 0 Å². The van der Waals surface area contributed by atoms with Crippen molar-refractivity contribution in [3.05, 3.63) is 48.6 Å². The van der Waals surface area contributed by atoms with Crippen LogP contribution >= 0.6 is 7.82 Å². The SMILES string of the molecule is CCCCCCC/C=C\C/C=C\C/C=C\CCCCCCCCCCCCCCCCCCCCC(=O)OC(COC(=O)CCCCCCCCCCCCC/C=C\CCCCCCCCCC)COP(=O)(O)OCC[N+](C)(C)C. The van der Waals surface area contributed by atoms with Gasteiger partial charge in [0.05, 0.1) is 27.7 Å². The topological polar surface area (TPSA) is 108 Å². The van der Waals surface area contributed by atoms with Crippen LogP contribution < -0.4 is 0 Å². The Morgan fingerprint density at radius 2 is 0.675 bits per heavy atom. The summed E-state index contributed by atoms with van der Waals surface area (Å²) in [7, 11) is 1.49. The van der Waals surface area contributed by atoms with E-state index in [-0.39, 0.29) is 25.6 Å². The molecule has 1 N–H and O–H groups in total. The van der Waals surface area contributed by atoms with Crippen LogP contribution in [0.5, 0.6) is 0 Å². The van der Waals surface area contributed by atoms with Gasteiger partial charge in [-0.25, -0.2) is 4.57 Å². The normalized spacial score (nSPS) is 13.4. The number of nitrogens with zero attached hydrogens (tertiary/aromatic N) is 1. The molecule has 0 saturated carbocycles. The molecular formula is C70H133NO8P+. The van der Waals surface area contributed by atoms with Crippen molar-refractivity contribution < 1.29 is 42.1 Å². The zero-order chi connectivity index (χ0) is 58.4. The molecule has 0 spiro atoms. The second kappa shape index (κ2) is 61.5. The van der Waals surface area contributed by atoms with E-state index in [4.69, 9.17) is 18.5 Å². The molecule has 0 amide bonds. The number of carbonyl (C=O) groups excluding carboxylic acids is 2. The number of hydrogen-bond acceptors (Lipinski definition) is 7. The Balaban J connectivity index is 4.02. The molecule has 0 saturated heterocycles. The van der Waals surface area contributed by atoms with Crippen LogP contribution in [0.15, 0.2) is 48.6 Å². The minimum atomic E-state index is -4.39. The summed E-state index contributed by atoms with van der Waals surface area (Å²) in [5.41, 5.74) is 0. The first-order chi connectivity index (χ1) is 39.0. The van der Waals surface area contributed by atoms with E-state index < -0.39 is 26.5 Å². The van der Waals surface area contributed by atoms with Crippen molar-refractivity contribution in [3.63, 3.8) is 0 Å². The number of hydrogen-bond donors (Lipinski definition) is 1. The van der Waals surface area contributed by atoms with Gasteiger partial charge in [-0.15, -0.1) is 0 Å². The Morgan fingerprint density at radius 1 is 0.388 bits per heavy atom. The van der Waals surface area contributed by atoms with Crippen LogP contribution in [-0.4, -0.2) is 74.9 Å². The highest BCUT2D eigenvalue weighted by molar-refractivity contribution is 7.47. The molecule has 0 heterocycles. The lowest BCUT2D eigenvalue weighted by molar-refractivity contribution is -0.870. The number of esters is 2. The van der Waals surface area contributed by atoms with Crippen molar-refractivity contribution in [2.45, 2.75) is 341 Å². The molecule has 0 aliphatic carbocycles. The number of unbranched alkanes of at least 4 members (excludes halogenated alkanes) is 42. The van der Waals surface area contributed by atoms with Crippen molar-refractivity contribution in [3.8, 4) is 0 Å². The fourth-order valence-corrected chi connectivity index (χ4v) is 10.8. The quantitative estimate of drug-likeness (QED) is 0.0211. The van der Waals surface area contributed by atoms with E-state index in [1.165, 1.54) is 257 Å². The van der Waals surface area contributed by atoms with E-state index in [2.05, 4.69) is 62.5 Å². The molecular weight excluding hydrogens is 1010 g/mol. The smallest absolute Gasteiger partial charge is 0.462 e. The predicted octanol–water partition coefficient (Wildman–Crippen LogP) is 22.1. The van der Waals surface area contributed by atoms with Crippen molar-refractivity contribution in [1.82, 2.24) is 0 Å². The molecule has 0 rings (SSSR count). The summed E-state index contributed by atoms with van der Waals surface area (Å²) in [6, 6.07) is 0. The predicted molar refractivity (Wildman–Crippen MR) is 344 cm³/mol. The van der Waals surface area contributed by atoms with Gasteiger partial charge >= 0.3 is 19.8 Å². The fraction of sp³-hybridized carbons (Fsp3) is 0.857. The second-order valence-electron chi connectivity index (χ2n) is 24.6. The number of likely N-dealkylation sites (N-methyl/N-ethyl adjacent to an activating group) is 1. The first-order valence-corrected chi connectivity index (χ1v) is 35.9. The van der Waals surface area contributed by atoms with E-state index in [1.807, 2.05) is 21.1 Å². The third-order valence-corrected chi connectivity index (χ3v) is 16.3. The van der Waals surface area contributed by atoms with Crippen molar-refractivity contribution in [1.29, 1.82) is 0 Å². The molecule has 0 aliphatic heterocycles. The average molecular weight is 1150 g/mol. The average Bonchev–Trinajstić information content (AvgIpc) is 3.42. The summed E-state index contributed by atoms with van der Waals surface area (Å²) in [5, 5.41) is 0. The molecule has 2 atom stereocenters. The highest BCUT2D eigenvalue weighted by atomic mass is 31.2. The molecule has 0 bridgehead atoms. The number of carbonyl (C=O) groups is 2. The van der Waals surface area contributed by atoms with Gasteiger partial charge in [-0.3, -0.25) is 18.6 Å². The molecule has 0 aromatic rings. The molecule has 0 radical (unpaired) electrons. The molecule has 2 unspecified atom stereocenters. The Morgan fingerprint density at radius 3 is 1.01 bits per heavy atom. The maximum absolute atomic E-state index is 12.9. The van der Waals surface area contributed by atoms with Crippen LogP contribution in [0.1, 0.15) is 335 Å². The number of phosphoric acid groups is 1. The van der Waals surface area contributed by atoms with Crippen molar-refractivity contribution in [2.75, 3.05) is 47.5 Å². The standard InChI is InChI=1S/C70H132NO8P/c1-6-8-10-12-14-16-18-20-22-24-26-28-30-31-32-33-34-35-36-37-38-39-41-43-45-47-49-51-53-55-57-59-61-63-70(73)79-68(67-78-80(74,75)77-65-64-71(3,4)5)66-76-69(72)62-60-58-56-54-52-50-48-46-44-42-40-29-27-25-23-21-19-17-15-13-11-9-7-2/h18,20,24-27,30-31,68H,6-17,19,21-23,28-29,32-67H2,1-5H3/p+1/b20-18-,26-24-,27-25-,31-30-. The van der Waals surface area contributed by atoms with Gasteiger partial charge in [0.2, 0.25) is 0 Å². The zero-order valence-corrected chi connectivity index (χ0v) is 54.5. The maximum atomic E-state index is 12.9. The summed E-state index contributed by atoms with van der Waals surface area (Å²) in [4.78, 5) is 35.8. The van der Waals surface area contributed by atoms with Gasteiger partial charge in [-0.05, 0) is 77.0 Å². The molecule has 470 valence electrons. The van der Waals surface area contributed by atoms with Gasteiger partial charge in [-0.1, -0.05) is 294 Å². The first-order valence-electron chi connectivity index (χ1n) is 34.4. The summed E-state index contributed by atoms with van der Waals surface area (Å²) in [6.45, 7) is 4.47. The number of ether oxygens (including phenoxy) is 2. The monoisotopic (exact) mass is 1150 g/mol. The molecule has 0 aromatic carbocycles. The van der Waals surface area contributed by atoms with Crippen LogP contribution in [0.4, 0.5) is 0 Å². The van der Waals surface area contributed by atoms with E-state index in [0.717, 1.165) is 44.9 Å². The van der Waals surface area contributed by atoms with Gasteiger partial charge in [-0.2, -0.15) is 0 Å². The summed E-state index contributed by atoms with van der Waals surface area (Å²) < 4.78 is 34.7. The molecule has 80 heavy (non-hydrogen) atoms. The molecule has 0 aliphatic rings. The first kappa shape index (κ1) is 78.0. The number of rotatable bonds is 64. The lowest BCUT2D eigenvalue weighted by atomic mass is 10.0. The Bertz CT molecular complexity index is 1490. The zero-order valence-electron chi connectivity index (χ0n) is 53.6.